The first kappa shape index (κ1) is 15.0. The van der Waals surface area contributed by atoms with Crippen LogP contribution >= 0.6 is 0 Å². The van der Waals surface area contributed by atoms with E-state index in [0.29, 0.717) is 5.52 Å². The van der Waals surface area contributed by atoms with Gasteiger partial charge >= 0.3 is 25.7 Å². The number of aryl methyl sites for hydroxylation is 1. The van der Waals surface area contributed by atoms with Gasteiger partial charge in [-0.2, -0.15) is 13.2 Å². The molecule has 0 saturated carbocycles. The van der Waals surface area contributed by atoms with Crippen LogP contribution in [0.1, 0.15) is 5.69 Å². The molecule has 2 heterocycles. The second-order valence-electron chi connectivity index (χ2n) is 2.83. The number of fused-ring (bicyclic) bond motifs is 1. The Balaban J connectivity index is 0.00000112. The molecule has 0 saturated heterocycles. The van der Waals surface area contributed by atoms with Crippen molar-refractivity contribution in [1.29, 1.82) is 0 Å². The predicted molar refractivity (Wildman–Crippen MR) is 48.8 cm³/mol. The van der Waals surface area contributed by atoms with Gasteiger partial charge in [-0.15, -0.1) is 0 Å². The minimum Gasteiger partial charge on any atom is -0.448 e. The Morgan fingerprint density at radius 2 is 2.00 bits per heavy atom. The van der Waals surface area contributed by atoms with Crippen LogP contribution in [0.2, 0.25) is 0 Å². The van der Waals surface area contributed by atoms with Gasteiger partial charge in [0.2, 0.25) is 0 Å². The van der Waals surface area contributed by atoms with Crippen LogP contribution in [-0.4, -0.2) is 14.5 Å². The zero-order valence-corrected chi connectivity index (χ0v) is 11.8. The van der Waals surface area contributed by atoms with Gasteiger partial charge in [-0.25, -0.2) is 0 Å². The topological polar surface area (TPSA) is 30.7 Å². The average molecular weight is 281 g/mol. The minimum atomic E-state index is -4.42. The summed E-state index contributed by atoms with van der Waals surface area (Å²) >= 11 is 0. The first-order valence-corrected chi connectivity index (χ1v) is 3.76. The molecule has 0 aliphatic rings. The van der Waals surface area contributed by atoms with Gasteiger partial charge in [0.05, 0.1) is 0 Å². The quantitative estimate of drug-likeness (QED) is 0.547. The summed E-state index contributed by atoms with van der Waals surface area (Å²) in [6.45, 7) is 0. The zero-order valence-electron chi connectivity index (χ0n) is 8.84. The number of rotatable bonds is 0. The molecule has 7 heteroatoms. The van der Waals surface area contributed by atoms with Crippen molar-refractivity contribution in [3.8, 4) is 0 Å². The van der Waals surface area contributed by atoms with Gasteiger partial charge in [-0.05, 0) is 13.2 Å². The maximum atomic E-state index is 12.2. The molecule has 0 bridgehead atoms. The SMILES string of the molecule is Cn1[c-]nc2cc(C(F)(F)F)ncc21.[CH3-].[Zn+2]. The van der Waals surface area contributed by atoms with Gasteiger partial charge in [-0.1, -0.05) is 17.1 Å². The van der Waals surface area contributed by atoms with Crippen LogP contribution in [0, 0.1) is 13.8 Å². The third kappa shape index (κ3) is 2.58. The molecule has 0 radical (unpaired) electrons. The molecule has 82 valence electrons. The Hall–Kier alpha value is -0.967. The van der Waals surface area contributed by atoms with E-state index >= 15 is 0 Å². The molecule has 2 aromatic rings. The summed E-state index contributed by atoms with van der Waals surface area (Å²) in [4.78, 5) is 7.00. The zero-order chi connectivity index (χ0) is 10.3. The van der Waals surface area contributed by atoms with Crippen molar-refractivity contribution in [3.05, 3.63) is 31.7 Å². The molecule has 0 spiro atoms. The summed E-state index contributed by atoms with van der Waals surface area (Å²) < 4.78 is 38.1. The van der Waals surface area contributed by atoms with Crippen LogP contribution in [0.5, 0.6) is 0 Å². The van der Waals surface area contributed by atoms with Crippen LogP contribution in [0.4, 0.5) is 13.2 Å². The summed E-state index contributed by atoms with van der Waals surface area (Å²) in [6.07, 6.45) is -0.770. The molecule has 0 fully saturated rings. The van der Waals surface area contributed by atoms with E-state index in [1.807, 2.05) is 0 Å². The van der Waals surface area contributed by atoms with Crippen molar-refractivity contribution in [2.45, 2.75) is 6.18 Å². The van der Waals surface area contributed by atoms with Crippen LogP contribution in [0.15, 0.2) is 12.3 Å². The van der Waals surface area contributed by atoms with Crippen molar-refractivity contribution in [3.63, 3.8) is 0 Å². The first-order valence-electron chi connectivity index (χ1n) is 3.76. The van der Waals surface area contributed by atoms with Gasteiger partial charge in [0, 0.05) is 6.33 Å². The summed E-state index contributed by atoms with van der Waals surface area (Å²) in [5, 5.41) is 0. The molecule has 0 unspecified atom stereocenters. The monoisotopic (exact) mass is 279 g/mol. The number of nitrogens with zero attached hydrogens (tertiary/aromatic N) is 3. The normalized spacial score (nSPS) is 10.8. The molecule has 2 rings (SSSR count). The molecule has 0 aromatic carbocycles. The summed E-state index contributed by atoms with van der Waals surface area (Å²) in [6, 6.07) is 0.909. The van der Waals surface area contributed by atoms with Crippen LogP contribution in [0.3, 0.4) is 0 Å². The van der Waals surface area contributed by atoms with E-state index in [1.165, 1.54) is 4.57 Å². The number of aromatic nitrogens is 3. The van der Waals surface area contributed by atoms with Gasteiger partial charge in [-0.3, -0.25) is 4.98 Å². The molecule has 3 nitrogen and oxygen atoms in total. The Bertz CT molecular complexity index is 478. The van der Waals surface area contributed by atoms with Gasteiger partial charge < -0.3 is 17.0 Å². The largest absolute Gasteiger partial charge is 2.00 e. The molecule has 0 N–H and O–H groups in total. The van der Waals surface area contributed by atoms with Crippen LogP contribution < -0.4 is 0 Å². The van der Waals surface area contributed by atoms with E-state index in [1.54, 1.807) is 7.05 Å². The van der Waals surface area contributed by atoms with E-state index in [9.17, 15) is 13.2 Å². The number of halogens is 3. The van der Waals surface area contributed by atoms with Crippen molar-refractivity contribution in [1.82, 2.24) is 14.5 Å². The van der Waals surface area contributed by atoms with Gasteiger partial charge in [0.15, 0.2) is 0 Å². The Labute approximate surface area is 103 Å². The third-order valence-corrected chi connectivity index (χ3v) is 1.83. The van der Waals surface area contributed by atoms with E-state index in [2.05, 4.69) is 16.3 Å². The van der Waals surface area contributed by atoms with E-state index in [4.69, 9.17) is 0 Å². The molecule has 0 amide bonds. The van der Waals surface area contributed by atoms with Crippen LogP contribution in [0.25, 0.3) is 11.0 Å². The fraction of sp³-hybridized carbons (Fsp3) is 0.222. The van der Waals surface area contributed by atoms with E-state index in [0.717, 1.165) is 12.3 Å². The molecule has 0 aliphatic heterocycles. The second-order valence-corrected chi connectivity index (χ2v) is 2.83. The fourth-order valence-electron chi connectivity index (χ4n) is 1.12. The number of hydrogen-bond acceptors (Lipinski definition) is 2. The maximum absolute atomic E-state index is 12.2. The number of pyridine rings is 1. The van der Waals surface area contributed by atoms with Crippen molar-refractivity contribution >= 4 is 11.0 Å². The first-order chi connectivity index (χ1) is 6.48. The van der Waals surface area contributed by atoms with Crippen molar-refractivity contribution in [2.75, 3.05) is 0 Å². The predicted octanol–water partition coefficient (Wildman–Crippen LogP) is 2.24. The number of hydrogen-bond donors (Lipinski definition) is 0. The Morgan fingerprint density at radius 3 is 2.56 bits per heavy atom. The summed E-state index contributed by atoms with van der Waals surface area (Å²) in [5.74, 6) is 0. The number of imidazole rings is 1. The standard InChI is InChI=1S/C8H5F3N3.CH3.Zn/c1-14-4-13-5-2-7(8(9,10)11)12-3-6(5)14;;/h2-3H,1H3;1H3;/q2*-1;+2. The third-order valence-electron chi connectivity index (χ3n) is 1.83. The van der Waals surface area contributed by atoms with E-state index in [-0.39, 0.29) is 32.4 Å². The van der Waals surface area contributed by atoms with Crippen molar-refractivity contribution < 1.29 is 32.6 Å². The molecule has 0 aliphatic carbocycles. The van der Waals surface area contributed by atoms with E-state index < -0.39 is 11.9 Å². The number of alkyl halides is 3. The average Bonchev–Trinajstić information content (AvgIpc) is 2.46. The molecular weight excluding hydrogens is 273 g/mol. The Kier molecular flexibility index (Phi) is 4.61. The fourth-order valence-corrected chi connectivity index (χ4v) is 1.12. The van der Waals surface area contributed by atoms with Crippen molar-refractivity contribution in [2.24, 2.45) is 7.05 Å². The summed E-state index contributed by atoms with van der Waals surface area (Å²) in [5.41, 5.74) is -0.162. The Morgan fingerprint density at radius 1 is 1.38 bits per heavy atom. The summed E-state index contributed by atoms with van der Waals surface area (Å²) in [7, 11) is 1.64. The molecule has 2 aromatic heterocycles. The second kappa shape index (κ2) is 4.91. The molecular formula is C9H8F3N3Zn. The van der Waals surface area contributed by atoms with Crippen LogP contribution in [-0.2, 0) is 32.7 Å². The molecule has 16 heavy (non-hydrogen) atoms. The van der Waals surface area contributed by atoms with Gasteiger partial charge in [0.25, 0.3) is 0 Å². The molecule has 0 atom stereocenters. The minimum absolute atomic E-state index is 0. The maximum Gasteiger partial charge on any atom is 2.00 e. The van der Waals surface area contributed by atoms with Gasteiger partial charge in [0.1, 0.15) is 5.69 Å². The smallest absolute Gasteiger partial charge is 0.448 e.